The predicted molar refractivity (Wildman–Crippen MR) is 111 cm³/mol. The summed E-state index contributed by atoms with van der Waals surface area (Å²) in [6.07, 6.45) is 4.75. The van der Waals surface area contributed by atoms with Crippen LogP contribution < -0.4 is 0 Å². The maximum absolute atomic E-state index is 13.1. The molecule has 1 aromatic carbocycles. The molecule has 0 saturated carbocycles. The van der Waals surface area contributed by atoms with E-state index in [0.717, 1.165) is 24.2 Å². The van der Waals surface area contributed by atoms with Crippen LogP contribution in [0, 0.1) is 0 Å². The lowest BCUT2D eigenvalue weighted by Gasteiger charge is -2.47. The van der Waals surface area contributed by atoms with Gasteiger partial charge >= 0.3 is 0 Å². The molecular formula is C20H20N10O3. The summed E-state index contributed by atoms with van der Waals surface area (Å²) in [5, 5.41) is 18.5. The van der Waals surface area contributed by atoms with E-state index in [1.807, 2.05) is 23.1 Å². The number of benzene rings is 1. The van der Waals surface area contributed by atoms with Crippen LogP contribution in [0.4, 0.5) is 0 Å². The topological polar surface area (TPSA) is 141 Å². The van der Waals surface area contributed by atoms with Gasteiger partial charge < -0.3 is 14.2 Å². The van der Waals surface area contributed by atoms with Crippen molar-refractivity contribution < 1.29 is 14.1 Å². The maximum atomic E-state index is 13.1. The number of fused-ring (bicyclic) bond motifs is 2. The lowest BCUT2D eigenvalue weighted by Crippen LogP contribution is -2.60. The van der Waals surface area contributed by atoms with Gasteiger partial charge in [-0.25, -0.2) is 9.97 Å². The molecule has 2 aliphatic heterocycles. The molecule has 2 aliphatic rings. The van der Waals surface area contributed by atoms with E-state index >= 15 is 0 Å². The predicted octanol–water partition coefficient (Wildman–Crippen LogP) is -0.185. The average Bonchev–Trinajstić information content (AvgIpc) is 3.56. The van der Waals surface area contributed by atoms with Gasteiger partial charge in [-0.15, -0.1) is 10.2 Å². The van der Waals surface area contributed by atoms with Crippen LogP contribution in [0.2, 0.25) is 0 Å². The second-order valence-electron chi connectivity index (χ2n) is 8.06. The van der Waals surface area contributed by atoms with Crippen molar-refractivity contribution in [3.63, 3.8) is 0 Å². The van der Waals surface area contributed by atoms with Crippen molar-refractivity contribution in [2.24, 2.45) is 0 Å². The van der Waals surface area contributed by atoms with Crippen molar-refractivity contribution in [2.45, 2.75) is 18.6 Å². The Bertz CT molecular complexity index is 1260. The SMILES string of the molecule is O=C(Cc1cnc(-n2cnnn2)nc1)N1CCN2CCOC(c3ccc4onnc4c3)C2C1. The first kappa shape index (κ1) is 19.8. The average molecular weight is 448 g/mol. The van der Waals surface area contributed by atoms with Crippen LogP contribution in [-0.4, -0.2) is 95.1 Å². The lowest BCUT2D eigenvalue weighted by molar-refractivity contribution is -0.141. The van der Waals surface area contributed by atoms with Gasteiger partial charge in [0.15, 0.2) is 5.58 Å². The van der Waals surface area contributed by atoms with Gasteiger partial charge in [-0.1, -0.05) is 6.07 Å². The third-order valence-corrected chi connectivity index (χ3v) is 6.11. The highest BCUT2D eigenvalue weighted by molar-refractivity contribution is 5.79. The lowest BCUT2D eigenvalue weighted by atomic mass is 9.96. The molecule has 33 heavy (non-hydrogen) atoms. The molecule has 5 heterocycles. The first-order valence-corrected chi connectivity index (χ1v) is 10.6. The zero-order valence-electron chi connectivity index (χ0n) is 17.6. The van der Waals surface area contributed by atoms with Gasteiger partial charge in [0.05, 0.1) is 25.2 Å². The molecule has 13 nitrogen and oxygen atoms in total. The highest BCUT2D eigenvalue weighted by Gasteiger charge is 2.38. The van der Waals surface area contributed by atoms with Gasteiger partial charge in [0, 0.05) is 43.8 Å². The van der Waals surface area contributed by atoms with E-state index in [4.69, 9.17) is 9.26 Å². The van der Waals surface area contributed by atoms with E-state index in [1.165, 1.54) is 11.0 Å². The standard InChI is InChI=1S/C20H20N10O3/c31-18(7-13-9-21-20(22-10-13)30-12-23-25-26-30)29-4-3-28-5-6-32-19(16(28)11-29)14-1-2-17-15(8-14)24-27-33-17/h1-2,8-10,12,16,19H,3-7,11H2. The minimum Gasteiger partial charge on any atom is -0.370 e. The number of carbonyl (C=O) groups excluding carboxylic acids is 1. The molecule has 3 aromatic heterocycles. The second kappa shape index (κ2) is 8.26. The van der Waals surface area contributed by atoms with Crippen molar-refractivity contribution in [2.75, 3.05) is 32.8 Å². The Morgan fingerprint density at radius 3 is 2.91 bits per heavy atom. The zero-order chi connectivity index (χ0) is 22.2. The van der Waals surface area contributed by atoms with Crippen LogP contribution in [-0.2, 0) is 16.0 Å². The van der Waals surface area contributed by atoms with E-state index in [9.17, 15) is 4.79 Å². The van der Waals surface area contributed by atoms with Gasteiger partial charge in [0.1, 0.15) is 11.8 Å². The van der Waals surface area contributed by atoms with E-state index in [2.05, 4.69) is 40.8 Å². The summed E-state index contributed by atoms with van der Waals surface area (Å²) in [7, 11) is 0. The van der Waals surface area contributed by atoms with Gasteiger partial charge in [-0.2, -0.15) is 4.68 Å². The summed E-state index contributed by atoms with van der Waals surface area (Å²) in [6.45, 7) is 3.57. The van der Waals surface area contributed by atoms with E-state index in [0.29, 0.717) is 36.7 Å². The fraction of sp³-hybridized carbons (Fsp3) is 0.400. The van der Waals surface area contributed by atoms with E-state index in [-0.39, 0.29) is 24.5 Å². The fourth-order valence-corrected chi connectivity index (χ4v) is 4.44. The van der Waals surface area contributed by atoms with Crippen LogP contribution >= 0.6 is 0 Å². The third kappa shape index (κ3) is 3.81. The fourth-order valence-electron chi connectivity index (χ4n) is 4.44. The number of rotatable bonds is 4. The quantitative estimate of drug-likeness (QED) is 0.410. The molecule has 168 valence electrons. The molecule has 4 aromatic rings. The summed E-state index contributed by atoms with van der Waals surface area (Å²) in [5.41, 5.74) is 3.08. The normalized spacial score (nSPS) is 21.3. The zero-order valence-corrected chi connectivity index (χ0v) is 17.6. The molecule has 0 aliphatic carbocycles. The molecule has 2 atom stereocenters. The van der Waals surface area contributed by atoms with E-state index < -0.39 is 0 Å². The molecule has 6 rings (SSSR count). The first-order valence-electron chi connectivity index (χ1n) is 10.6. The van der Waals surface area contributed by atoms with Crippen molar-refractivity contribution in [3.05, 3.63) is 48.0 Å². The Morgan fingerprint density at radius 2 is 2.06 bits per heavy atom. The molecule has 2 saturated heterocycles. The number of piperazine rings is 1. The molecule has 1 amide bonds. The number of morpholine rings is 1. The molecule has 0 radical (unpaired) electrons. The number of hydrogen-bond acceptors (Lipinski definition) is 11. The smallest absolute Gasteiger partial charge is 0.253 e. The Labute approximate surface area is 187 Å². The summed E-state index contributed by atoms with van der Waals surface area (Å²) in [6, 6.07) is 5.85. The molecule has 0 bridgehead atoms. The van der Waals surface area contributed by atoms with Crippen LogP contribution in [0.1, 0.15) is 17.2 Å². The van der Waals surface area contributed by atoms with Crippen LogP contribution in [0.15, 0.2) is 41.4 Å². The van der Waals surface area contributed by atoms with Crippen molar-refractivity contribution >= 4 is 17.0 Å². The number of aromatic nitrogens is 8. The van der Waals surface area contributed by atoms with Crippen LogP contribution in [0.5, 0.6) is 0 Å². The highest BCUT2D eigenvalue weighted by Crippen LogP contribution is 2.32. The second-order valence-corrected chi connectivity index (χ2v) is 8.06. The minimum absolute atomic E-state index is 0.0360. The summed E-state index contributed by atoms with van der Waals surface area (Å²) in [4.78, 5) is 25.9. The molecular weight excluding hydrogens is 428 g/mol. The maximum Gasteiger partial charge on any atom is 0.253 e. The Balaban J connectivity index is 1.16. The highest BCUT2D eigenvalue weighted by atomic mass is 16.5. The first-order chi connectivity index (χ1) is 16.2. The Kier molecular flexibility index (Phi) is 4.96. The number of amides is 1. The molecule has 0 spiro atoms. The summed E-state index contributed by atoms with van der Waals surface area (Å²) in [5.74, 6) is 0.389. The van der Waals surface area contributed by atoms with Gasteiger partial charge in [0.2, 0.25) is 5.91 Å². The molecule has 2 fully saturated rings. The monoisotopic (exact) mass is 448 g/mol. The summed E-state index contributed by atoms with van der Waals surface area (Å²) >= 11 is 0. The number of carbonyl (C=O) groups is 1. The third-order valence-electron chi connectivity index (χ3n) is 6.11. The molecule has 2 unspecified atom stereocenters. The van der Waals surface area contributed by atoms with Crippen LogP contribution in [0.25, 0.3) is 17.0 Å². The van der Waals surface area contributed by atoms with Gasteiger partial charge in [-0.05, 0) is 33.7 Å². The van der Waals surface area contributed by atoms with Gasteiger partial charge in [0.25, 0.3) is 5.95 Å². The number of ether oxygens (including phenoxy) is 1. The Morgan fingerprint density at radius 1 is 1.15 bits per heavy atom. The molecule has 0 N–H and O–H groups in total. The van der Waals surface area contributed by atoms with Crippen molar-refractivity contribution in [1.29, 1.82) is 0 Å². The minimum atomic E-state index is -0.158. The summed E-state index contributed by atoms with van der Waals surface area (Å²) < 4.78 is 12.6. The van der Waals surface area contributed by atoms with Gasteiger partial charge in [-0.3, -0.25) is 9.69 Å². The van der Waals surface area contributed by atoms with Crippen molar-refractivity contribution in [1.82, 2.24) is 50.3 Å². The van der Waals surface area contributed by atoms with Crippen molar-refractivity contribution in [3.8, 4) is 5.95 Å². The largest absolute Gasteiger partial charge is 0.370 e. The Hall–Kier alpha value is -3.84. The number of tetrazole rings is 1. The van der Waals surface area contributed by atoms with E-state index in [1.54, 1.807) is 12.4 Å². The number of hydrogen-bond donors (Lipinski definition) is 0. The molecule has 13 heteroatoms. The van der Waals surface area contributed by atoms with Crippen LogP contribution in [0.3, 0.4) is 0 Å². The number of nitrogens with zero attached hydrogens (tertiary/aromatic N) is 10.